The van der Waals surface area contributed by atoms with Crippen molar-refractivity contribution in [2.24, 2.45) is 0 Å². The van der Waals surface area contributed by atoms with Gasteiger partial charge < -0.3 is 9.84 Å². The van der Waals surface area contributed by atoms with Crippen LogP contribution in [0.3, 0.4) is 0 Å². The van der Waals surface area contributed by atoms with Crippen LogP contribution in [-0.4, -0.2) is 48.0 Å². The zero-order chi connectivity index (χ0) is 12.3. The fourth-order valence-electron chi connectivity index (χ4n) is 3.38. The van der Waals surface area contributed by atoms with Gasteiger partial charge in [0.1, 0.15) is 0 Å². The number of nitrogens with zero attached hydrogens (tertiary/aromatic N) is 1. The molecule has 98 valence electrons. The van der Waals surface area contributed by atoms with Crippen LogP contribution in [0.15, 0.2) is 12.2 Å². The van der Waals surface area contributed by atoms with Crippen LogP contribution in [0.25, 0.3) is 0 Å². The normalized spacial score (nSPS) is 26.9. The van der Waals surface area contributed by atoms with Crippen molar-refractivity contribution in [1.82, 2.24) is 4.90 Å². The third-order valence-corrected chi connectivity index (χ3v) is 4.27. The summed E-state index contributed by atoms with van der Waals surface area (Å²) in [6.07, 6.45) is 5.20. The second-order valence-electron chi connectivity index (χ2n) is 5.59. The molecule has 1 aliphatic carbocycles. The molecule has 2 aliphatic rings. The van der Waals surface area contributed by atoms with Gasteiger partial charge in [0.2, 0.25) is 0 Å². The van der Waals surface area contributed by atoms with E-state index in [0.29, 0.717) is 0 Å². The molecule has 0 spiro atoms. The van der Waals surface area contributed by atoms with E-state index in [4.69, 9.17) is 4.74 Å². The lowest BCUT2D eigenvalue weighted by Crippen LogP contribution is -2.58. The number of aliphatic hydroxyl groups excluding tert-OH is 1. The topological polar surface area (TPSA) is 32.7 Å². The summed E-state index contributed by atoms with van der Waals surface area (Å²) in [6, 6.07) is 0. The number of hydrogen-bond acceptors (Lipinski definition) is 3. The molecule has 1 unspecified atom stereocenters. The summed E-state index contributed by atoms with van der Waals surface area (Å²) in [6.45, 7) is 9.49. The highest BCUT2D eigenvalue weighted by molar-refractivity contribution is 5.05. The summed E-state index contributed by atoms with van der Waals surface area (Å²) in [7, 11) is 0. The van der Waals surface area contributed by atoms with E-state index < -0.39 is 0 Å². The Hall–Kier alpha value is -0.380. The molecule has 2 rings (SSSR count). The predicted octanol–water partition coefficient (Wildman–Crippen LogP) is 1.96. The Balaban J connectivity index is 2.10. The first kappa shape index (κ1) is 13.1. The minimum absolute atomic E-state index is 0.00271. The van der Waals surface area contributed by atoms with Crippen molar-refractivity contribution in [3.05, 3.63) is 12.2 Å². The van der Waals surface area contributed by atoms with Crippen LogP contribution in [0.4, 0.5) is 0 Å². The van der Waals surface area contributed by atoms with Crippen LogP contribution in [0.2, 0.25) is 0 Å². The molecule has 1 N–H and O–H groups in total. The standard InChI is InChI=1S/C14H25NO2/c1-12(2)11-13(16)14(5-3-4-6-14)15-7-9-17-10-8-15/h13,16H,1,3-11H2,2H3. The third kappa shape index (κ3) is 2.72. The van der Waals surface area contributed by atoms with E-state index in [1.165, 1.54) is 12.8 Å². The molecule has 2 fully saturated rings. The SMILES string of the molecule is C=C(C)CC(O)C1(N2CCOCC2)CCCC1. The molecule has 0 amide bonds. The van der Waals surface area contributed by atoms with Gasteiger partial charge in [0, 0.05) is 18.6 Å². The number of hydrogen-bond donors (Lipinski definition) is 1. The Kier molecular flexibility index (Phi) is 4.23. The lowest BCUT2D eigenvalue weighted by molar-refractivity contribution is -0.0752. The first-order valence-corrected chi connectivity index (χ1v) is 6.80. The van der Waals surface area contributed by atoms with Crippen LogP contribution in [0, 0.1) is 0 Å². The van der Waals surface area contributed by atoms with Crippen LogP contribution < -0.4 is 0 Å². The molecule has 3 heteroatoms. The quantitative estimate of drug-likeness (QED) is 0.761. The zero-order valence-electron chi connectivity index (χ0n) is 11.0. The van der Waals surface area contributed by atoms with E-state index in [9.17, 15) is 5.11 Å². The van der Waals surface area contributed by atoms with Crippen LogP contribution in [0.1, 0.15) is 39.0 Å². The molecule has 0 aromatic heterocycles. The molecule has 0 radical (unpaired) electrons. The summed E-state index contributed by atoms with van der Waals surface area (Å²) < 4.78 is 5.42. The largest absolute Gasteiger partial charge is 0.391 e. The molecule has 1 saturated carbocycles. The van der Waals surface area contributed by atoms with Gasteiger partial charge in [0.05, 0.1) is 19.3 Å². The monoisotopic (exact) mass is 239 g/mol. The van der Waals surface area contributed by atoms with Gasteiger partial charge in [-0.2, -0.15) is 0 Å². The molecule has 1 aliphatic heterocycles. The molecular weight excluding hydrogens is 214 g/mol. The van der Waals surface area contributed by atoms with Crippen molar-refractivity contribution in [3.63, 3.8) is 0 Å². The molecule has 1 heterocycles. The van der Waals surface area contributed by atoms with Crippen molar-refractivity contribution < 1.29 is 9.84 Å². The number of ether oxygens (including phenoxy) is 1. The van der Waals surface area contributed by atoms with Gasteiger partial charge in [-0.3, -0.25) is 4.90 Å². The van der Waals surface area contributed by atoms with Gasteiger partial charge in [-0.1, -0.05) is 18.4 Å². The van der Waals surface area contributed by atoms with E-state index in [1.54, 1.807) is 0 Å². The predicted molar refractivity (Wildman–Crippen MR) is 69.0 cm³/mol. The molecule has 0 aromatic carbocycles. The fourth-order valence-corrected chi connectivity index (χ4v) is 3.38. The van der Waals surface area contributed by atoms with Crippen molar-refractivity contribution >= 4 is 0 Å². The molecule has 3 nitrogen and oxygen atoms in total. The van der Waals surface area contributed by atoms with Crippen LogP contribution in [-0.2, 0) is 4.74 Å². The Morgan fingerprint density at radius 1 is 1.35 bits per heavy atom. The summed E-state index contributed by atoms with van der Waals surface area (Å²) in [5.74, 6) is 0. The minimum atomic E-state index is -0.263. The minimum Gasteiger partial charge on any atom is -0.391 e. The van der Waals surface area contributed by atoms with Gasteiger partial charge in [-0.15, -0.1) is 6.58 Å². The van der Waals surface area contributed by atoms with E-state index >= 15 is 0 Å². The number of rotatable bonds is 4. The van der Waals surface area contributed by atoms with E-state index in [0.717, 1.165) is 51.1 Å². The van der Waals surface area contributed by atoms with Gasteiger partial charge in [-0.05, 0) is 26.2 Å². The first-order chi connectivity index (χ1) is 8.15. The van der Waals surface area contributed by atoms with Gasteiger partial charge >= 0.3 is 0 Å². The lowest BCUT2D eigenvalue weighted by Gasteiger charge is -2.46. The maximum Gasteiger partial charge on any atom is 0.0760 e. The maximum atomic E-state index is 10.6. The lowest BCUT2D eigenvalue weighted by atomic mass is 9.84. The van der Waals surface area contributed by atoms with Crippen molar-refractivity contribution in [3.8, 4) is 0 Å². The van der Waals surface area contributed by atoms with Crippen molar-refractivity contribution in [2.75, 3.05) is 26.3 Å². The summed E-state index contributed by atoms with van der Waals surface area (Å²) in [5, 5.41) is 10.6. The maximum absolute atomic E-state index is 10.6. The summed E-state index contributed by atoms with van der Waals surface area (Å²) in [5.41, 5.74) is 1.08. The Morgan fingerprint density at radius 2 is 1.94 bits per heavy atom. The van der Waals surface area contributed by atoms with E-state index in [2.05, 4.69) is 11.5 Å². The van der Waals surface area contributed by atoms with E-state index in [-0.39, 0.29) is 11.6 Å². The highest BCUT2D eigenvalue weighted by atomic mass is 16.5. The highest BCUT2D eigenvalue weighted by Gasteiger charge is 2.45. The summed E-state index contributed by atoms with van der Waals surface area (Å²) >= 11 is 0. The third-order valence-electron chi connectivity index (χ3n) is 4.27. The molecule has 0 aromatic rings. The van der Waals surface area contributed by atoms with Gasteiger partial charge in [0.25, 0.3) is 0 Å². The molecule has 0 bridgehead atoms. The van der Waals surface area contributed by atoms with Crippen LogP contribution >= 0.6 is 0 Å². The van der Waals surface area contributed by atoms with E-state index in [1.807, 2.05) is 6.92 Å². The number of aliphatic hydroxyl groups is 1. The average molecular weight is 239 g/mol. The number of morpholine rings is 1. The second kappa shape index (κ2) is 5.51. The van der Waals surface area contributed by atoms with Crippen LogP contribution in [0.5, 0.6) is 0 Å². The molecule has 1 saturated heterocycles. The van der Waals surface area contributed by atoms with Gasteiger partial charge in [0.15, 0.2) is 0 Å². The van der Waals surface area contributed by atoms with Crippen molar-refractivity contribution in [1.29, 1.82) is 0 Å². The molecular formula is C14H25NO2. The first-order valence-electron chi connectivity index (χ1n) is 6.80. The zero-order valence-corrected chi connectivity index (χ0v) is 11.0. The molecule has 1 atom stereocenters. The Morgan fingerprint density at radius 3 is 2.47 bits per heavy atom. The highest BCUT2D eigenvalue weighted by Crippen LogP contribution is 2.40. The Labute approximate surface area is 104 Å². The second-order valence-corrected chi connectivity index (χ2v) is 5.59. The van der Waals surface area contributed by atoms with Crippen molar-refractivity contribution in [2.45, 2.75) is 50.7 Å². The Bertz CT molecular complexity index is 265. The smallest absolute Gasteiger partial charge is 0.0760 e. The van der Waals surface area contributed by atoms with Gasteiger partial charge in [-0.25, -0.2) is 0 Å². The fraction of sp³-hybridized carbons (Fsp3) is 0.857. The summed E-state index contributed by atoms with van der Waals surface area (Å²) in [4.78, 5) is 2.47. The average Bonchev–Trinajstić information content (AvgIpc) is 2.79. The molecule has 17 heavy (non-hydrogen) atoms.